The number of carbonyl (C=O) groups is 1. The van der Waals surface area contributed by atoms with Crippen molar-refractivity contribution in [2.24, 2.45) is 0 Å². The number of esters is 1. The van der Waals surface area contributed by atoms with Crippen LogP contribution in [0.5, 0.6) is 0 Å². The summed E-state index contributed by atoms with van der Waals surface area (Å²) in [5, 5.41) is 0.613. The number of aryl methyl sites for hydroxylation is 2. The van der Waals surface area contributed by atoms with Crippen LogP contribution in [-0.2, 0) is 9.53 Å². The Kier molecular flexibility index (Phi) is 4.77. The van der Waals surface area contributed by atoms with Gasteiger partial charge in [0.15, 0.2) is 0 Å². The van der Waals surface area contributed by atoms with Gasteiger partial charge in [-0.1, -0.05) is 13.8 Å². The van der Waals surface area contributed by atoms with Crippen molar-refractivity contribution >= 4 is 27.5 Å². The second-order valence-corrected chi connectivity index (χ2v) is 6.22. The Labute approximate surface area is 127 Å². The van der Waals surface area contributed by atoms with Gasteiger partial charge in [-0.3, -0.25) is 9.36 Å². The van der Waals surface area contributed by atoms with Gasteiger partial charge in [-0.2, -0.15) is 0 Å². The Morgan fingerprint density at radius 1 is 1.43 bits per heavy atom. The molecule has 0 N–H and O–H groups in total. The summed E-state index contributed by atoms with van der Waals surface area (Å²) in [6.45, 7) is 8.05. The highest BCUT2D eigenvalue weighted by molar-refractivity contribution is 7.18. The lowest BCUT2D eigenvalue weighted by molar-refractivity contribution is -0.147. The normalized spacial score (nSPS) is 12.6. The zero-order chi connectivity index (χ0) is 15.6. The minimum Gasteiger partial charge on any atom is -0.464 e. The van der Waals surface area contributed by atoms with E-state index < -0.39 is 6.04 Å². The summed E-state index contributed by atoms with van der Waals surface area (Å²) in [7, 11) is 0. The van der Waals surface area contributed by atoms with Gasteiger partial charge in [-0.05, 0) is 32.3 Å². The van der Waals surface area contributed by atoms with Crippen LogP contribution in [0.3, 0.4) is 0 Å². The fourth-order valence-electron chi connectivity index (χ4n) is 2.25. The van der Waals surface area contributed by atoms with Crippen molar-refractivity contribution in [3.8, 4) is 0 Å². The van der Waals surface area contributed by atoms with E-state index in [9.17, 15) is 9.59 Å². The minimum atomic E-state index is -0.611. The van der Waals surface area contributed by atoms with Gasteiger partial charge < -0.3 is 4.74 Å². The Morgan fingerprint density at radius 3 is 2.76 bits per heavy atom. The van der Waals surface area contributed by atoms with E-state index in [0.29, 0.717) is 18.4 Å². The van der Waals surface area contributed by atoms with Crippen LogP contribution in [-0.4, -0.2) is 22.1 Å². The summed E-state index contributed by atoms with van der Waals surface area (Å²) in [4.78, 5) is 30.9. The molecule has 2 heterocycles. The zero-order valence-corrected chi connectivity index (χ0v) is 13.6. The van der Waals surface area contributed by atoms with Crippen LogP contribution in [0, 0.1) is 13.8 Å². The first-order chi connectivity index (χ1) is 10.0. The van der Waals surface area contributed by atoms with Gasteiger partial charge in [0, 0.05) is 4.88 Å². The van der Waals surface area contributed by atoms with Crippen LogP contribution in [0.1, 0.15) is 43.2 Å². The lowest BCUT2D eigenvalue weighted by atomic mass is 10.2. The fourth-order valence-corrected chi connectivity index (χ4v) is 3.23. The summed E-state index contributed by atoms with van der Waals surface area (Å²) in [5.41, 5.74) is 0.778. The number of fused-ring (bicyclic) bond motifs is 1. The van der Waals surface area contributed by atoms with Crippen molar-refractivity contribution in [2.75, 3.05) is 6.61 Å². The number of aromatic nitrogens is 2. The Balaban J connectivity index is 2.50. The lowest BCUT2D eigenvalue weighted by Crippen LogP contribution is -2.31. The molecule has 5 nitrogen and oxygen atoms in total. The summed E-state index contributed by atoms with van der Waals surface area (Å²) >= 11 is 1.50. The number of rotatable bonds is 5. The van der Waals surface area contributed by atoms with Gasteiger partial charge in [0.05, 0.1) is 18.3 Å². The van der Waals surface area contributed by atoms with Gasteiger partial charge in [0.25, 0.3) is 5.56 Å². The molecule has 0 aliphatic rings. The number of ether oxygens (including phenoxy) is 1. The van der Waals surface area contributed by atoms with Crippen molar-refractivity contribution in [1.29, 1.82) is 0 Å². The highest BCUT2D eigenvalue weighted by Gasteiger charge is 2.23. The maximum absolute atomic E-state index is 12.7. The zero-order valence-electron chi connectivity index (χ0n) is 12.8. The van der Waals surface area contributed by atoms with E-state index >= 15 is 0 Å². The molecule has 21 heavy (non-hydrogen) atoms. The third kappa shape index (κ3) is 2.85. The van der Waals surface area contributed by atoms with Crippen molar-refractivity contribution < 1.29 is 9.53 Å². The highest BCUT2D eigenvalue weighted by atomic mass is 32.1. The number of hydrogen-bond donors (Lipinski definition) is 0. The average Bonchev–Trinajstić information content (AvgIpc) is 2.75. The number of nitrogens with zero attached hydrogens (tertiary/aromatic N) is 2. The largest absolute Gasteiger partial charge is 0.464 e. The molecule has 0 aromatic carbocycles. The first kappa shape index (κ1) is 15.7. The van der Waals surface area contributed by atoms with E-state index in [4.69, 9.17) is 4.74 Å². The van der Waals surface area contributed by atoms with E-state index in [1.54, 1.807) is 0 Å². The average molecular weight is 308 g/mol. The molecule has 6 heteroatoms. The molecule has 0 fully saturated rings. The van der Waals surface area contributed by atoms with Crippen LogP contribution in [0.2, 0.25) is 0 Å². The van der Waals surface area contributed by atoms with Crippen LogP contribution >= 0.6 is 11.3 Å². The third-order valence-corrected chi connectivity index (χ3v) is 4.67. The quantitative estimate of drug-likeness (QED) is 0.797. The predicted octanol–water partition coefficient (Wildman–Crippen LogP) is 2.98. The molecule has 0 aliphatic carbocycles. The first-order valence-corrected chi connectivity index (χ1v) is 7.96. The summed E-state index contributed by atoms with van der Waals surface area (Å²) in [6.07, 6.45) is 2.72. The standard InChI is InChI=1S/C15H20N2O3S/c1-5-7-20-15(19)11(6-2)17-8-16-13-12(14(17)18)9(3)10(4)21-13/h8,11H,5-7H2,1-4H3/t11-/m1/s1. The van der Waals surface area contributed by atoms with Crippen LogP contribution < -0.4 is 5.56 Å². The fraction of sp³-hybridized carbons (Fsp3) is 0.533. The highest BCUT2D eigenvalue weighted by Crippen LogP contribution is 2.26. The molecular formula is C15H20N2O3S. The molecule has 2 aromatic rings. The van der Waals surface area contributed by atoms with Crippen LogP contribution in [0.25, 0.3) is 10.2 Å². The Bertz CT molecular complexity index is 718. The molecule has 0 spiro atoms. The third-order valence-electron chi connectivity index (χ3n) is 3.56. The lowest BCUT2D eigenvalue weighted by Gasteiger charge is -2.16. The second-order valence-electron chi connectivity index (χ2n) is 5.01. The van der Waals surface area contributed by atoms with Gasteiger partial charge in [-0.25, -0.2) is 9.78 Å². The molecule has 0 saturated carbocycles. The molecule has 1 atom stereocenters. The summed E-state index contributed by atoms with van der Waals surface area (Å²) in [6, 6.07) is -0.611. The smallest absolute Gasteiger partial charge is 0.329 e. The predicted molar refractivity (Wildman–Crippen MR) is 83.9 cm³/mol. The van der Waals surface area contributed by atoms with Crippen LogP contribution in [0.4, 0.5) is 0 Å². The van der Waals surface area contributed by atoms with E-state index in [-0.39, 0.29) is 11.5 Å². The summed E-state index contributed by atoms with van der Waals surface area (Å²) < 4.78 is 6.58. The number of carbonyl (C=O) groups excluding carboxylic acids is 1. The van der Waals surface area contributed by atoms with Crippen LogP contribution in [0.15, 0.2) is 11.1 Å². The Hall–Kier alpha value is -1.69. The molecule has 0 bridgehead atoms. The van der Waals surface area contributed by atoms with Crippen molar-refractivity contribution in [2.45, 2.75) is 46.6 Å². The number of hydrogen-bond acceptors (Lipinski definition) is 5. The molecule has 2 aromatic heterocycles. The van der Waals surface area contributed by atoms with Gasteiger partial charge in [0.1, 0.15) is 10.9 Å². The van der Waals surface area contributed by atoms with Crippen molar-refractivity contribution in [3.63, 3.8) is 0 Å². The molecule has 0 aliphatic heterocycles. The number of thiophene rings is 1. The molecule has 0 unspecified atom stereocenters. The molecule has 0 amide bonds. The van der Waals surface area contributed by atoms with Gasteiger partial charge in [-0.15, -0.1) is 11.3 Å². The van der Waals surface area contributed by atoms with E-state index in [1.165, 1.54) is 22.2 Å². The van der Waals surface area contributed by atoms with Gasteiger partial charge >= 0.3 is 5.97 Å². The molecular weight excluding hydrogens is 288 g/mol. The topological polar surface area (TPSA) is 61.2 Å². The van der Waals surface area contributed by atoms with Crippen molar-refractivity contribution in [1.82, 2.24) is 9.55 Å². The van der Waals surface area contributed by atoms with Crippen molar-refractivity contribution in [3.05, 3.63) is 27.1 Å². The molecule has 0 saturated heterocycles. The summed E-state index contributed by atoms with van der Waals surface area (Å²) in [5.74, 6) is -0.368. The maximum Gasteiger partial charge on any atom is 0.329 e. The Morgan fingerprint density at radius 2 is 2.14 bits per heavy atom. The van der Waals surface area contributed by atoms with E-state index in [2.05, 4.69) is 4.98 Å². The van der Waals surface area contributed by atoms with Gasteiger partial charge in [0.2, 0.25) is 0 Å². The van der Waals surface area contributed by atoms with E-state index in [0.717, 1.165) is 21.7 Å². The first-order valence-electron chi connectivity index (χ1n) is 7.14. The maximum atomic E-state index is 12.7. The SMILES string of the molecule is CCCOC(=O)[C@@H](CC)n1cnc2sc(C)c(C)c2c1=O. The molecule has 0 radical (unpaired) electrons. The van der Waals surface area contributed by atoms with E-state index in [1.807, 2.05) is 27.7 Å². The molecule has 114 valence electrons. The second kappa shape index (κ2) is 6.39. The molecule has 2 rings (SSSR count). The monoisotopic (exact) mass is 308 g/mol. The minimum absolute atomic E-state index is 0.165.